The van der Waals surface area contributed by atoms with Crippen LogP contribution in [0.4, 0.5) is 11.6 Å². The van der Waals surface area contributed by atoms with Gasteiger partial charge in [-0.15, -0.1) is 0 Å². The monoisotopic (exact) mass is 424 g/mol. The number of nitrogens with zero attached hydrogens (tertiary/aromatic N) is 1. The number of aromatic amines is 1. The predicted octanol–water partition coefficient (Wildman–Crippen LogP) is 4.81. The van der Waals surface area contributed by atoms with Crippen LogP contribution in [0.1, 0.15) is 37.8 Å². The van der Waals surface area contributed by atoms with Gasteiger partial charge in [0.25, 0.3) is 0 Å². The Bertz CT molecular complexity index is 997. The van der Waals surface area contributed by atoms with Crippen LogP contribution in [0.25, 0.3) is 0 Å². The fourth-order valence-corrected chi connectivity index (χ4v) is 3.93. The van der Waals surface area contributed by atoms with Gasteiger partial charge in [-0.2, -0.15) is 0 Å². The molecule has 27 heavy (non-hydrogen) atoms. The molecule has 2 aromatic rings. The molecule has 9 heteroatoms. The molecule has 1 atom stereocenters. The first-order chi connectivity index (χ1) is 12.7. The van der Waals surface area contributed by atoms with Gasteiger partial charge in [0, 0.05) is 26.9 Å². The summed E-state index contributed by atoms with van der Waals surface area (Å²) in [4.78, 5) is 20.1. The number of halogens is 2. The van der Waals surface area contributed by atoms with Gasteiger partial charge in [0.1, 0.15) is 11.6 Å². The van der Waals surface area contributed by atoms with E-state index in [4.69, 9.17) is 45.9 Å². The Labute approximate surface area is 171 Å². The van der Waals surface area contributed by atoms with Gasteiger partial charge in [-0.3, -0.25) is 0 Å². The summed E-state index contributed by atoms with van der Waals surface area (Å²) >= 11 is 18.1. The Balaban J connectivity index is 2.33. The smallest absolute Gasteiger partial charge is 0.337 e. The quantitative estimate of drug-likeness (QED) is 0.483. The lowest BCUT2D eigenvalue weighted by Gasteiger charge is -2.31. The number of ether oxygens (including phenoxy) is 1. The molecule has 1 aromatic heterocycles. The number of allylic oxidation sites excluding steroid dienone is 1. The highest BCUT2D eigenvalue weighted by atomic mass is 35.5. The van der Waals surface area contributed by atoms with Crippen molar-refractivity contribution >= 4 is 53.0 Å². The Morgan fingerprint density at radius 2 is 1.93 bits per heavy atom. The number of nitrogens with two attached hydrogens (primary N) is 1. The minimum Gasteiger partial charge on any atom is -0.460 e. The van der Waals surface area contributed by atoms with E-state index in [0.717, 1.165) is 0 Å². The van der Waals surface area contributed by atoms with Gasteiger partial charge in [0.05, 0.1) is 17.6 Å². The summed E-state index contributed by atoms with van der Waals surface area (Å²) in [6, 6.07) is 5.15. The van der Waals surface area contributed by atoms with Crippen molar-refractivity contribution in [3.8, 4) is 0 Å². The summed E-state index contributed by atoms with van der Waals surface area (Å²) in [5.74, 6) is -0.409. The van der Waals surface area contributed by atoms with Crippen molar-refractivity contribution in [1.29, 1.82) is 0 Å². The highest BCUT2D eigenvalue weighted by molar-refractivity contribution is 7.71. The van der Waals surface area contributed by atoms with Crippen LogP contribution in [0.5, 0.6) is 0 Å². The normalized spacial score (nSPS) is 16.1. The average molecular weight is 425 g/mol. The molecule has 0 fully saturated rings. The van der Waals surface area contributed by atoms with Gasteiger partial charge in [-0.25, -0.2) is 9.78 Å². The van der Waals surface area contributed by atoms with Gasteiger partial charge < -0.3 is 20.8 Å². The van der Waals surface area contributed by atoms with Gasteiger partial charge in [0.15, 0.2) is 4.77 Å². The number of fused-ring (bicyclic) bond motifs is 1. The third-order valence-electron chi connectivity index (χ3n) is 4.14. The first-order valence-corrected chi connectivity index (χ1v) is 9.39. The molecule has 0 bridgehead atoms. The van der Waals surface area contributed by atoms with Crippen LogP contribution in [-0.2, 0) is 9.53 Å². The molecule has 1 aliphatic rings. The average Bonchev–Trinajstić information content (AvgIpc) is 2.52. The molecule has 1 aromatic carbocycles. The lowest BCUT2D eigenvalue weighted by Crippen LogP contribution is -2.28. The van der Waals surface area contributed by atoms with Crippen LogP contribution in [-0.4, -0.2) is 22.0 Å². The number of nitrogens with one attached hydrogen (secondary N) is 2. The van der Waals surface area contributed by atoms with Crippen molar-refractivity contribution in [2.75, 3.05) is 11.1 Å². The molecule has 0 radical (unpaired) electrons. The Morgan fingerprint density at radius 3 is 2.52 bits per heavy atom. The number of hydrogen-bond acceptors (Lipinski definition) is 6. The number of carbonyl (C=O) groups is 1. The number of nitrogen functional groups attached to an aromatic ring is 1. The second kappa shape index (κ2) is 7.50. The molecule has 3 rings (SSSR count). The fraction of sp³-hybridized carbons (Fsp3) is 0.278. The third kappa shape index (κ3) is 3.67. The summed E-state index contributed by atoms with van der Waals surface area (Å²) in [6.45, 7) is 5.32. The minimum atomic E-state index is -0.659. The molecular weight excluding hydrogens is 407 g/mol. The molecule has 0 saturated carbocycles. The van der Waals surface area contributed by atoms with Crippen LogP contribution in [0.2, 0.25) is 10.0 Å². The highest BCUT2D eigenvalue weighted by Gasteiger charge is 2.38. The zero-order chi connectivity index (χ0) is 19.9. The maximum absolute atomic E-state index is 12.9. The van der Waals surface area contributed by atoms with E-state index in [1.165, 1.54) is 0 Å². The Hall–Kier alpha value is -2.09. The highest BCUT2D eigenvalue weighted by Crippen LogP contribution is 2.47. The van der Waals surface area contributed by atoms with E-state index in [-0.39, 0.29) is 16.7 Å². The zero-order valence-electron chi connectivity index (χ0n) is 14.9. The van der Waals surface area contributed by atoms with Crippen LogP contribution in [0.3, 0.4) is 0 Å². The lowest BCUT2D eigenvalue weighted by molar-refractivity contribution is -0.142. The van der Waals surface area contributed by atoms with Crippen molar-refractivity contribution in [3.63, 3.8) is 0 Å². The number of esters is 1. The van der Waals surface area contributed by atoms with Gasteiger partial charge in [-0.05, 0) is 45.1 Å². The predicted molar refractivity (Wildman–Crippen MR) is 110 cm³/mol. The van der Waals surface area contributed by atoms with E-state index in [2.05, 4.69) is 15.3 Å². The molecule has 0 amide bonds. The van der Waals surface area contributed by atoms with Crippen molar-refractivity contribution < 1.29 is 9.53 Å². The lowest BCUT2D eigenvalue weighted by atomic mass is 9.81. The number of carbonyl (C=O) groups excluding carboxylic acids is 1. The fourth-order valence-electron chi connectivity index (χ4n) is 3.12. The van der Waals surface area contributed by atoms with Gasteiger partial charge in [0.2, 0.25) is 0 Å². The molecule has 0 spiro atoms. The molecule has 1 unspecified atom stereocenters. The van der Waals surface area contributed by atoms with E-state index >= 15 is 0 Å². The topological polar surface area (TPSA) is 93.0 Å². The maximum Gasteiger partial charge on any atom is 0.337 e. The third-order valence-corrected chi connectivity index (χ3v) is 4.99. The molecule has 0 saturated heterocycles. The molecule has 2 heterocycles. The molecule has 142 valence electrons. The molecule has 1 aliphatic heterocycles. The van der Waals surface area contributed by atoms with E-state index in [9.17, 15) is 4.79 Å². The largest absolute Gasteiger partial charge is 0.460 e. The number of anilines is 2. The van der Waals surface area contributed by atoms with Crippen LogP contribution < -0.4 is 11.1 Å². The second-order valence-electron chi connectivity index (χ2n) is 6.40. The van der Waals surface area contributed by atoms with Crippen molar-refractivity contribution in [1.82, 2.24) is 9.97 Å². The first-order valence-electron chi connectivity index (χ1n) is 8.23. The van der Waals surface area contributed by atoms with E-state index in [1.807, 2.05) is 0 Å². The number of H-pyrrole nitrogens is 1. The summed E-state index contributed by atoms with van der Waals surface area (Å²) < 4.78 is 5.68. The summed E-state index contributed by atoms with van der Waals surface area (Å²) in [5.41, 5.74) is 8.25. The SMILES string of the molecule is CC1=C(C(=O)OC(C)C)C(c2c(Cl)cccc2Cl)c2c(nc(=S)[nH]c2N)N1. The molecular formula is C18H18Cl2N4O2S. The Kier molecular flexibility index (Phi) is 5.46. The van der Waals surface area contributed by atoms with Gasteiger partial charge >= 0.3 is 5.97 Å². The molecule has 6 nitrogen and oxygen atoms in total. The maximum atomic E-state index is 12.9. The van der Waals surface area contributed by atoms with E-state index in [0.29, 0.717) is 38.3 Å². The standard InChI is InChI=1S/C18H18Cl2N4O2S/c1-7(2)26-17(25)11-8(3)22-16-14(15(21)23-18(27)24-16)13(11)12-9(19)5-4-6-10(12)20/h4-7,13H,1-3H3,(H4,21,22,23,24,27). The molecule has 4 N–H and O–H groups in total. The number of benzene rings is 1. The van der Waals surface area contributed by atoms with Crippen molar-refractivity contribution in [2.24, 2.45) is 0 Å². The zero-order valence-corrected chi connectivity index (χ0v) is 17.2. The first kappa shape index (κ1) is 19.7. The van der Waals surface area contributed by atoms with Crippen LogP contribution in [0.15, 0.2) is 29.5 Å². The number of aromatic nitrogens is 2. The van der Waals surface area contributed by atoms with E-state index < -0.39 is 11.9 Å². The molecule has 0 aliphatic carbocycles. The minimum absolute atomic E-state index is 0.226. The van der Waals surface area contributed by atoms with Crippen LogP contribution >= 0.6 is 35.4 Å². The van der Waals surface area contributed by atoms with Crippen molar-refractivity contribution in [3.05, 3.63) is 55.4 Å². The number of rotatable bonds is 3. The van der Waals surface area contributed by atoms with Gasteiger partial charge in [-0.1, -0.05) is 29.3 Å². The summed E-state index contributed by atoms with van der Waals surface area (Å²) in [7, 11) is 0. The van der Waals surface area contributed by atoms with Crippen LogP contribution in [0, 0.1) is 4.77 Å². The second-order valence-corrected chi connectivity index (χ2v) is 7.61. The van der Waals surface area contributed by atoms with Crippen molar-refractivity contribution in [2.45, 2.75) is 32.8 Å². The Morgan fingerprint density at radius 1 is 1.30 bits per heavy atom. The van der Waals surface area contributed by atoms with E-state index in [1.54, 1.807) is 39.0 Å². The summed E-state index contributed by atoms with van der Waals surface area (Å²) in [5, 5.41) is 3.91. The summed E-state index contributed by atoms with van der Waals surface area (Å²) in [6.07, 6.45) is -0.293. The number of hydrogen-bond donors (Lipinski definition) is 3.